The van der Waals surface area contributed by atoms with E-state index in [9.17, 15) is 0 Å². The SMILES string of the molecule is COc1cc(C2Oc3c(OC)cc(/C=C/CO)cc3C2C)cc2c1OCO2. The van der Waals surface area contributed by atoms with Crippen molar-refractivity contribution in [1.82, 2.24) is 0 Å². The molecule has 0 spiro atoms. The van der Waals surface area contributed by atoms with Gasteiger partial charge < -0.3 is 28.8 Å². The van der Waals surface area contributed by atoms with Gasteiger partial charge in [0.1, 0.15) is 6.10 Å². The van der Waals surface area contributed by atoms with Crippen LogP contribution in [-0.2, 0) is 0 Å². The van der Waals surface area contributed by atoms with Crippen LogP contribution in [0, 0.1) is 0 Å². The Morgan fingerprint density at radius 2 is 1.85 bits per heavy atom. The van der Waals surface area contributed by atoms with E-state index >= 15 is 0 Å². The molecule has 2 aliphatic rings. The summed E-state index contributed by atoms with van der Waals surface area (Å²) in [4.78, 5) is 0. The number of methoxy groups -OCH3 is 2. The lowest BCUT2D eigenvalue weighted by Gasteiger charge is -2.17. The van der Waals surface area contributed by atoms with E-state index < -0.39 is 0 Å². The summed E-state index contributed by atoms with van der Waals surface area (Å²) in [6, 6.07) is 7.84. The molecule has 0 fully saturated rings. The van der Waals surface area contributed by atoms with Gasteiger partial charge in [-0.05, 0) is 29.8 Å². The molecule has 0 radical (unpaired) electrons. The van der Waals surface area contributed by atoms with Crippen LogP contribution < -0.4 is 23.7 Å². The van der Waals surface area contributed by atoms with Crippen LogP contribution in [0.1, 0.15) is 35.6 Å². The molecule has 6 nitrogen and oxygen atoms in total. The van der Waals surface area contributed by atoms with E-state index in [0.717, 1.165) is 22.4 Å². The summed E-state index contributed by atoms with van der Waals surface area (Å²) in [5.41, 5.74) is 2.97. The zero-order valence-corrected chi connectivity index (χ0v) is 15.5. The Hall–Kier alpha value is -2.86. The van der Waals surface area contributed by atoms with Crippen LogP contribution >= 0.6 is 0 Å². The molecule has 0 saturated heterocycles. The van der Waals surface area contributed by atoms with Crippen LogP contribution in [0.15, 0.2) is 30.3 Å². The van der Waals surface area contributed by atoms with Gasteiger partial charge in [0.2, 0.25) is 12.5 Å². The molecule has 0 bridgehead atoms. The Kier molecular flexibility index (Phi) is 4.58. The van der Waals surface area contributed by atoms with E-state index in [1.165, 1.54) is 0 Å². The first-order valence-electron chi connectivity index (χ1n) is 8.79. The van der Waals surface area contributed by atoms with Crippen molar-refractivity contribution in [2.24, 2.45) is 0 Å². The normalized spacial score (nSPS) is 19.9. The number of rotatable bonds is 5. The Morgan fingerprint density at radius 3 is 2.59 bits per heavy atom. The molecule has 2 aromatic carbocycles. The van der Waals surface area contributed by atoms with Crippen LogP contribution in [0.3, 0.4) is 0 Å². The molecule has 6 heteroatoms. The van der Waals surface area contributed by atoms with Gasteiger partial charge in [-0.15, -0.1) is 0 Å². The summed E-state index contributed by atoms with van der Waals surface area (Å²) in [6.45, 7) is 2.29. The minimum Gasteiger partial charge on any atom is -0.493 e. The number of ether oxygens (including phenoxy) is 5. The Labute approximate surface area is 157 Å². The Morgan fingerprint density at radius 1 is 1.07 bits per heavy atom. The quantitative estimate of drug-likeness (QED) is 0.866. The molecular weight excluding hydrogens is 348 g/mol. The second-order valence-corrected chi connectivity index (χ2v) is 6.51. The van der Waals surface area contributed by atoms with Gasteiger partial charge in [0.05, 0.1) is 20.8 Å². The molecular formula is C21H22O6. The van der Waals surface area contributed by atoms with E-state index in [1.54, 1.807) is 20.3 Å². The lowest BCUT2D eigenvalue weighted by molar-refractivity contribution is 0.171. The maximum atomic E-state index is 9.04. The monoisotopic (exact) mass is 370 g/mol. The third kappa shape index (κ3) is 2.96. The average molecular weight is 370 g/mol. The van der Waals surface area contributed by atoms with Crippen molar-refractivity contribution in [3.8, 4) is 28.7 Å². The van der Waals surface area contributed by atoms with Crippen molar-refractivity contribution in [3.05, 3.63) is 47.0 Å². The van der Waals surface area contributed by atoms with Gasteiger partial charge in [0.15, 0.2) is 23.0 Å². The fraction of sp³-hybridized carbons (Fsp3) is 0.333. The highest BCUT2D eigenvalue weighted by atomic mass is 16.7. The highest BCUT2D eigenvalue weighted by Crippen LogP contribution is 2.53. The fourth-order valence-corrected chi connectivity index (χ4v) is 3.61. The second kappa shape index (κ2) is 7.04. The molecule has 2 aliphatic heterocycles. The Balaban J connectivity index is 1.74. The molecule has 0 aromatic heterocycles. The molecule has 2 aromatic rings. The van der Waals surface area contributed by atoms with E-state index in [2.05, 4.69) is 13.0 Å². The van der Waals surface area contributed by atoms with Crippen LogP contribution in [0.4, 0.5) is 0 Å². The summed E-state index contributed by atoms with van der Waals surface area (Å²) >= 11 is 0. The van der Waals surface area contributed by atoms with Gasteiger partial charge in [0.25, 0.3) is 0 Å². The number of hydrogen-bond donors (Lipinski definition) is 1. The minimum atomic E-state index is -0.200. The molecule has 27 heavy (non-hydrogen) atoms. The molecule has 4 rings (SSSR count). The zero-order chi connectivity index (χ0) is 19.0. The number of fused-ring (bicyclic) bond motifs is 2. The van der Waals surface area contributed by atoms with E-state index in [1.807, 2.05) is 24.3 Å². The first kappa shape index (κ1) is 17.5. The van der Waals surface area contributed by atoms with Crippen LogP contribution in [0.2, 0.25) is 0 Å². The lowest BCUT2D eigenvalue weighted by Crippen LogP contribution is -2.07. The van der Waals surface area contributed by atoms with Crippen molar-refractivity contribution in [2.75, 3.05) is 27.6 Å². The average Bonchev–Trinajstić information content (AvgIpc) is 3.29. The van der Waals surface area contributed by atoms with Gasteiger partial charge in [-0.3, -0.25) is 0 Å². The van der Waals surface area contributed by atoms with Crippen molar-refractivity contribution in [3.63, 3.8) is 0 Å². The molecule has 0 amide bonds. The van der Waals surface area contributed by atoms with E-state index in [-0.39, 0.29) is 25.4 Å². The number of aliphatic hydroxyl groups excluding tert-OH is 1. The van der Waals surface area contributed by atoms with E-state index in [0.29, 0.717) is 23.0 Å². The smallest absolute Gasteiger partial charge is 0.231 e. The van der Waals surface area contributed by atoms with Gasteiger partial charge in [0, 0.05) is 17.0 Å². The predicted molar refractivity (Wildman–Crippen MR) is 100 cm³/mol. The summed E-state index contributed by atoms with van der Waals surface area (Å²) < 4.78 is 28.3. The topological polar surface area (TPSA) is 66.4 Å². The third-order valence-electron chi connectivity index (χ3n) is 4.94. The Bertz CT molecular complexity index is 889. The van der Waals surface area contributed by atoms with Crippen molar-refractivity contribution in [1.29, 1.82) is 0 Å². The standard InChI is InChI=1S/C21H22O6/c1-12-15-7-13(5-4-6-22)8-16(23-2)20(15)27-19(12)14-9-17(24-3)21-18(10-14)25-11-26-21/h4-5,7-10,12,19,22H,6,11H2,1-3H3/b5-4+. The molecule has 2 unspecified atom stereocenters. The van der Waals surface area contributed by atoms with Crippen molar-refractivity contribution < 1.29 is 28.8 Å². The highest BCUT2D eigenvalue weighted by Gasteiger charge is 2.36. The molecule has 1 N–H and O–H groups in total. The fourth-order valence-electron chi connectivity index (χ4n) is 3.61. The highest BCUT2D eigenvalue weighted by molar-refractivity contribution is 5.63. The number of aliphatic hydroxyl groups is 1. The molecule has 2 heterocycles. The van der Waals surface area contributed by atoms with Gasteiger partial charge in [-0.2, -0.15) is 0 Å². The first-order valence-corrected chi connectivity index (χ1v) is 8.79. The van der Waals surface area contributed by atoms with Gasteiger partial charge >= 0.3 is 0 Å². The van der Waals surface area contributed by atoms with Gasteiger partial charge in [-0.25, -0.2) is 0 Å². The number of benzene rings is 2. The largest absolute Gasteiger partial charge is 0.493 e. The predicted octanol–water partition coefficient (Wildman–Crippen LogP) is 3.68. The first-order chi connectivity index (χ1) is 13.2. The third-order valence-corrected chi connectivity index (χ3v) is 4.94. The zero-order valence-electron chi connectivity index (χ0n) is 15.5. The molecule has 2 atom stereocenters. The second-order valence-electron chi connectivity index (χ2n) is 6.51. The molecule has 0 saturated carbocycles. The lowest BCUT2D eigenvalue weighted by atomic mass is 9.91. The van der Waals surface area contributed by atoms with Crippen LogP contribution in [-0.4, -0.2) is 32.7 Å². The number of hydrogen-bond acceptors (Lipinski definition) is 6. The summed E-state index contributed by atoms with van der Waals surface area (Å²) in [5, 5.41) is 9.04. The molecule has 0 aliphatic carbocycles. The van der Waals surface area contributed by atoms with Crippen LogP contribution in [0.25, 0.3) is 6.08 Å². The summed E-state index contributed by atoms with van der Waals surface area (Å²) in [7, 11) is 3.23. The minimum absolute atomic E-state index is 0.00886. The van der Waals surface area contributed by atoms with Gasteiger partial charge in [-0.1, -0.05) is 19.1 Å². The van der Waals surface area contributed by atoms with Crippen LogP contribution in [0.5, 0.6) is 28.7 Å². The summed E-state index contributed by atoms with van der Waals surface area (Å²) in [6.07, 6.45) is 3.36. The maximum Gasteiger partial charge on any atom is 0.231 e. The summed E-state index contributed by atoms with van der Waals surface area (Å²) in [5.74, 6) is 3.43. The van der Waals surface area contributed by atoms with E-state index in [4.69, 9.17) is 28.8 Å². The van der Waals surface area contributed by atoms with Crippen molar-refractivity contribution in [2.45, 2.75) is 18.9 Å². The van der Waals surface area contributed by atoms with Crippen molar-refractivity contribution >= 4 is 6.08 Å². The molecule has 142 valence electrons. The maximum absolute atomic E-state index is 9.04.